The Morgan fingerprint density at radius 2 is 0.938 bits per heavy atom. The van der Waals surface area contributed by atoms with Gasteiger partial charge in [0.2, 0.25) is 0 Å². The third-order valence-electron chi connectivity index (χ3n) is 19.3. The first-order valence-corrected chi connectivity index (χ1v) is 34.9. The Balaban J connectivity index is 1.56. The highest BCUT2D eigenvalue weighted by molar-refractivity contribution is 5.74. The average Bonchev–Trinajstić information content (AvgIpc) is 0.765. The molecule has 0 aromatic rings. The molecule has 6 aliphatic rings. The molecule has 30 nitrogen and oxygen atoms in total. The molecule has 30 heteroatoms. The number of hydrogen-bond acceptors (Lipinski definition) is 30. The Labute approximate surface area is 562 Å². The second-order valence-corrected chi connectivity index (χ2v) is 26.6. The van der Waals surface area contributed by atoms with Gasteiger partial charge in [0.15, 0.2) is 62.0 Å². The third kappa shape index (κ3) is 21.3. The van der Waals surface area contributed by atoms with Crippen LogP contribution in [0.5, 0.6) is 0 Å². The van der Waals surface area contributed by atoms with Gasteiger partial charge in [0.1, 0.15) is 85.5 Å². The molecular formula is C66H112O30. The average molecular weight is 1390 g/mol. The SMILES string of the molecule is CCCCC[C@H]1CCCCCCCCCC(=O)O[C@H]2[C@@H](OC[C@H]3O[C@H](O[C@H]4[C@@H](O)[C@H](CO)O[C@@H](O[C@@H]5[C@@H](O1)O[C@H](CO)[C@H](O)[C@H]5O)[C@H]4O[C@@H]1O[C@@H](C)[C@H](OC(=O)[C@@H](C)CC)[C@@H](O)[C@@H]1OC(=O)[C@@H](C)CC)[C@@H](O)[C@H](OC(=O)[C@@H](C)CC)[C@H]3OC(=O)[C@@H](C)CC)O[C@H](CO)[C@@H](O)[C@H]2O. The van der Waals surface area contributed by atoms with Crippen molar-refractivity contribution in [1.82, 2.24) is 0 Å². The van der Waals surface area contributed by atoms with Crippen LogP contribution in [-0.4, -0.2) is 267 Å². The Bertz CT molecular complexity index is 2340. The maximum atomic E-state index is 14.1. The van der Waals surface area contributed by atoms with Gasteiger partial charge in [-0.2, -0.15) is 0 Å². The molecule has 0 amide bonds. The topological polar surface area (TPSA) is 426 Å². The van der Waals surface area contributed by atoms with E-state index in [1.807, 2.05) is 6.92 Å². The number of ether oxygens (including phenoxy) is 15. The third-order valence-corrected chi connectivity index (χ3v) is 19.3. The van der Waals surface area contributed by atoms with Crippen LogP contribution in [0.2, 0.25) is 0 Å². The van der Waals surface area contributed by atoms with Crippen molar-refractivity contribution in [3.63, 3.8) is 0 Å². The van der Waals surface area contributed by atoms with E-state index in [0.717, 1.165) is 38.5 Å². The lowest BCUT2D eigenvalue weighted by molar-refractivity contribution is -0.410. The van der Waals surface area contributed by atoms with Crippen LogP contribution in [-0.2, 0) is 95.0 Å². The summed E-state index contributed by atoms with van der Waals surface area (Å²) in [6.07, 6.45) is -37.8. The zero-order valence-corrected chi connectivity index (χ0v) is 57.3. The van der Waals surface area contributed by atoms with Crippen LogP contribution in [0.1, 0.15) is 178 Å². The van der Waals surface area contributed by atoms with E-state index >= 15 is 0 Å². The molecule has 0 aliphatic carbocycles. The summed E-state index contributed by atoms with van der Waals surface area (Å²) in [5.74, 6) is -7.26. The van der Waals surface area contributed by atoms with Crippen LogP contribution in [0.25, 0.3) is 0 Å². The first-order chi connectivity index (χ1) is 45.8. The van der Waals surface area contributed by atoms with E-state index in [0.29, 0.717) is 44.9 Å². The highest BCUT2D eigenvalue weighted by Gasteiger charge is 2.60. The van der Waals surface area contributed by atoms with Gasteiger partial charge in [0.25, 0.3) is 0 Å². The van der Waals surface area contributed by atoms with Crippen LogP contribution in [0.4, 0.5) is 0 Å². The first kappa shape index (κ1) is 81.5. The number of carbonyl (C=O) groups excluding carboxylic acids is 5. The van der Waals surface area contributed by atoms with E-state index in [4.69, 9.17) is 71.1 Å². The number of unbranched alkanes of at least 4 members (excludes halogenated alkanes) is 2. The summed E-state index contributed by atoms with van der Waals surface area (Å²) in [5, 5.41) is 116. The van der Waals surface area contributed by atoms with E-state index in [1.54, 1.807) is 48.5 Å². The predicted octanol–water partition coefficient (Wildman–Crippen LogP) is 1.54. The van der Waals surface area contributed by atoms with Crippen molar-refractivity contribution in [2.45, 2.75) is 338 Å². The van der Waals surface area contributed by atoms with Crippen molar-refractivity contribution >= 4 is 29.8 Å². The monoisotopic (exact) mass is 1380 g/mol. The number of aliphatic hydroxyl groups is 10. The van der Waals surface area contributed by atoms with E-state index < -0.39 is 240 Å². The summed E-state index contributed by atoms with van der Waals surface area (Å²) in [5.41, 5.74) is 0. The van der Waals surface area contributed by atoms with Crippen LogP contribution in [0.3, 0.4) is 0 Å². The van der Waals surface area contributed by atoms with Crippen molar-refractivity contribution in [3.05, 3.63) is 0 Å². The van der Waals surface area contributed by atoms with Crippen molar-refractivity contribution in [2.75, 3.05) is 26.4 Å². The highest BCUT2D eigenvalue weighted by Crippen LogP contribution is 2.40. The number of fused-ring (bicyclic) bond motifs is 6. The van der Waals surface area contributed by atoms with Crippen LogP contribution in [0, 0.1) is 23.7 Å². The fraction of sp³-hybridized carbons (Fsp3) is 0.924. The van der Waals surface area contributed by atoms with Gasteiger partial charge in [-0.15, -0.1) is 0 Å². The Hall–Kier alpha value is -3.45. The van der Waals surface area contributed by atoms with Gasteiger partial charge in [-0.05, 0) is 51.9 Å². The first-order valence-electron chi connectivity index (χ1n) is 34.9. The Morgan fingerprint density at radius 3 is 1.49 bits per heavy atom. The summed E-state index contributed by atoms with van der Waals surface area (Å²) in [7, 11) is 0. The lowest BCUT2D eigenvalue weighted by Crippen LogP contribution is -2.69. The van der Waals surface area contributed by atoms with Gasteiger partial charge in [-0.1, -0.05) is 120 Å². The van der Waals surface area contributed by atoms with E-state index in [1.165, 1.54) is 13.8 Å². The van der Waals surface area contributed by atoms with E-state index in [9.17, 15) is 75.0 Å². The fourth-order valence-corrected chi connectivity index (χ4v) is 12.0. The van der Waals surface area contributed by atoms with Gasteiger partial charge < -0.3 is 122 Å². The summed E-state index contributed by atoms with van der Waals surface area (Å²) in [6.45, 7) is 13.0. The normalized spacial score (nSPS) is 40.1. The fourth-order valence-electron chi connectivity index (χ4n) is 12.0. The zero-order valence-electron chi connectivity index (χ0n) is 57.3. The van der Waals surface area contributed by atoms with Crippen molar-refractivity contribution in [1.29, 1.82) is 0 Å². The van der Waals surface area contributed by atoms with Crippen LogP contribution < -0.4 is 0 Å². The molecule has 0 unspecified atom stereocenters. The van der Waals surface area contributed by atoms with Gasteiger partial charge in [0, 0.05) is 6.42 Å². The summed E-state index contributed by atoms with van der Waals surface area (Å²) in [6, 6.07) is 0. The molecule has 6 aliphatic heterocycles. The summed E-state index contributed by atoms with van der Waals surface area (Å²) < 4.78 is 94.3. The molecule has 0 aromatic heterocycles. The van der Waals surface area contributed by atoms with Crippen molar-refractivity contribution in [3.8, 4) is 0 Å². The zero-order chi connectivity index (χ0) is 70.7. The maximum Gasteiger partial charge on any atom is 0.309 e. The van der Waals surface area contributed by atoms with Gasteiger partial charge in [-0.3, -0.25) is 24.0 Å². The molecule has 30 atom stereocenters. The molecule has 0 saturated carbocycles. The van der Waals surface area contributed by atoms with Gasteiger partial charge in [-0.25, -0.2) is 0 Å². The van der Waals surface area contributed by atoms with Gasteiger partial charge >= 0.3 is 29.8 Å². The lowest BCUT2D eigenvalue weighted by Gasteiger charge is -2.51. The molecule has 6 fully saturated rings. The number of hydrogen-bond donors (Lipinski definition) is 10. The Kier molecular flexibility index (Phi) is 33.7. The predicted molar refractivity (Wildman–Crippen MR) is 331 cm³/mol. The highest BCUT2D eigenvalue weighted by atomic mass is 16.8. The standard InChI is InChI=1S/C66H112O30/c1-11-16-22-25-37-26-23-20-18-17-19-21-24-27-42(70)89-54-46(74)43(71)38(28-67)85-63(54)82-31-41-51(91-59(79)33(7)13-3)53(92-60(80)34(8)14-4)49(77)62(88-41)94-52-45(73)40(30-69)87-66(95-55-47(75)44(72)39(29-68)86-65(55)84-37)57(52)96-64-56(93-61(81)35(9)15-5)48(76)50(36(10)83-64)90-58(78)32(6)12-2/h32-41,43-57,62-69,71-77H,11-31H2,1-10H3/t32-,33-,34-,35-,36-,37-,38+,39+,40-,41+,43+,44-,45-,46+,47+,48+,49-,50-,51-,52-,53-,54+,55-,56-,57-,62+,63-,64-,65-,66-/m0/s1. The molecule has 10 N–H and O–H groups in total. The molecule has 96 heavy (non-hydrogen) atoms. The van der Waals surface area contributed by atoms with Crippen molar-refractivity contribution < 1.29 is 146 Å². The van der Waals surface area contributed by atoms with Crippen LogP contribution in [0.15, 0.2) is 0 Å². The second-order valence-electron chi connectivity index (χ2n) is 26.6. The number of aliphatic hydroxyl groups excluding tert-OH is 10. The molecule has 6 rings (SSSR count). The molecule has 0 radical (unpaired) electrons. The number of carbonyl (C=O) groups is 5. The largest absolute Gasteiger partial charge is 0.456 e. The maximum absolute atomic E-state index is 14.1. The molecule has 4 bridgehead atoms. The quantitative estimate of drug-likeness (QED) is 0.0442. The van der Waals surface area contributed by atoms with E-state index in [2.05, 4.69) is 0 Å². The minimum atomic E-state index is -2.24. The van der Waals surface area contributed by atoms with Crippen molar-refractivity contribution in [2.24, 2.45) is 23.7 Å². The van der Waals surface area contributed by atoms with Gasteiger partial charge in [0.05, 0.1) is 62.3 Å². The Morgan fingerprint density at radius 1 is 0.458 bits per heavy atom. The molecule has 0 aromatic carbocycles. The smallest absolute Gasteiger partial charge is 0.309 e. The molecule has 0 spiro atoms. The summed E-state index contributed by atoms with van der Waals surface area (Å²) in [4.78, 5) is 69.0. The molecule has 6 heterocycles. The van der Waals surface area contributed by atoms with Crippen LogP contribution >= 0.6 is 0 Å². The summed E-state index contributed by atoms with van der Waals surface area (Å²) >= 11 is 0. The molecule has 6 saturated heterocycles. The lowest BCUT2D eigenvalue weighted by atomic mass is 9.95. The second kappa shape index (κ2) is 39.7. The molecule has 556 valence electrons. The minimum absolute atomic E-state index is 0.117. The number of rotatable bonds is 21. The minimum Gasteiger partial charge on any atom is -0.456 e. The van der Waals surface area contributed by atoms with E-state index in [-0.39, 0.29) is 25.7 Å². The number of esters is 5. The molecular weight excluding hydrogens is 1270 g/mol.